The molecule has 0 spiro atoms. The summed E-state index contributed by atoms with van der Waals surface area (Å²) in [6.45, 7) is 1.85. The average molecular weight is 223 g/mol. The molecule has 0 bridgehead atoms. The molecule has 0 unspecified atom stereocenters. The summed E-state index contributed by atoms with van der Waals surface area (Å²) in [6.07, 6.45) is 5.06. The van der Waals surface area contributed by atoms with Crippen LogP contribution in [0, 0.1) is 0 Å². The van der Waals surface area contributed by atoms with E-state index >= 15 is 0 Å². The number of aromatic nitrogens is 2. The van der Waals surface area contributed by atoms with Gasteiger partial charge in [-0.1, -0.05) is 13.3 Å². The van der Waals surface area contributed by atoms with Gasteiger partial charge in [0.05, 0.1) is 5.56 Å². The van der Waals surface area contributed by atoms with E-state index < -0.39 is 17.9 Å². The highest BCUT2D eigenvalue weighted by molar-refractivity contribution is 5.95. The van der Waals surface area contributed by atoms with Crippen molar-refractivity contribution < 1.29 is 14.7 Å². The standard InChI is InChI=1S/C10H13N3O3/c1-2-3-8(10(15)16)13-9(14)7-4-11-6-12-5-7/h4-6,8H,2-3H2,1H3,(H,13,14)(H,15,16)/t8-/m0/s1. The Labute approximate surface area is 92.7 Å². The van der Waals surface area contributed by atoms with Gasteiger partial charge in [0.2, 0.25) is 0 Å². The molecule has 1 aromatic rings. The van der Waals surface area contributed by atoms with Crippen LogP contribution in [-0.4, -0.2) is 33.0 Å². The molecule has 0 aliphatic heterocycles. The predicted molar refractivity (Wildman–Crippen MR) is 55.8 cm³/mol. The first-order valence-electron chi connectivity index (χ1n) is 4.93. The van der Waals surface area contributed by atoms with Gasteiger partial charge in [0.1, 0.15) is 12.4 Å². The summed E-state index contributed by atoms with van der Waals surface area (Å²) in [7, 11) is 0. The SMILES string of the molecule is CCC[C@H](NC(=O)c1cncnc1)C(=O)O. The Hall–Kier alpha value is -1.98. The Morgan fingerprint density at radius 3 is 2.56 bits per heavy atom. The fourth-order valence-electron chi connectivity index (χ4n) is 1.20. The third-order valence-electron chi connectivity index (χ3n) is 2.00. The van der Waals surface area contributed by atoms with Crippen LogP contribution < -0.4 is 5.32 Å². The van der Waals surface area contributed by atoms with E-state index in [1.165, 1.54) is 18.7 Å². The lowest BCUT2D eigenvalue weighted by Gasteiger charge is -2.12. The van der Waals surface area contributed by atoms with Crippen LogP contribution in [-0.2, 0) is 4.79 Å². The van der Waals surface area contributed by atoms with Crippen molar-refractivity contribution in [1.29, 1.82) is 0 Å². The average Bonchev–Trinajstić information content (AvgIpc) is 2.29. The van der Waals surface area contributed by atoms with Crippen molar-refractivity contribution in [3.05, 3.63) is 24.3 Å². The van der Waals surface area contributed by atoms with Gasteiger partial charge in [-0.15, -0.1) is 0 Å². The van der Waals surface area contributed by atoms with Gasteiger partial charge in [0, 0.05) is 12.4 Å². The third-order valence-corrected chi connectivity index (χ3v) is 2.00. The quantitative estimate of drug-likeness (QED) is 0.756. The van der Waals surface area contributed by atoms with Gasteiger partial charge in [-0.2, -0.15) is 0 Å². The number of amides is 1. The molecule has 2 N–H and O–H groups in total. The molecule has 0 radical (unpaired) electrons. The largest absolute Gasteiger partial charge is 0.480 e. The Morgan fingerprint density at radius 1 is 1.44 bits per heavy atom. The number of aliphatic carboxylic acids is 1. The summed E-state index contributed by atoms with van der Waals surface area (Å²) >= 11 is 0. The third kappa shape index (κ3) is 3.30. The predicted octanol–water partition coefficient (Wildman–Crippen LogP) is 0.460. The zero-order valence-corrected chi connectivity index (χ0v) is 8.88. The van der Waals surface area contributed by atoms with Gasteiger partial charge in [-0.3, -0.25) is 4.79 Å². The number of carboxylic acid groups (broad SMARTS) is 1. The number of rotatable bonds is 5. The molecule has 16 heavy (non-hydrogen) atoms. The minimum atomic E-state index is -1.04. The Kier molecular flexibility index (Phi) is 4.38. The van der Waals surface area contributed by atoms with E-state index in [1.54, 1.807) is 0 Å². The second-order valence-electron chi connectivity index (χ2n) is 3.28. The number of carbonyl (C=O) groups excluding carboxylic acids is 1. The molecule has 0 aliphatic carbocycles. The number of carboxylic acids is 1. The highest BCUT2D eigenvalue weighted by Gasteiger charge is 2.19. The van der Waals surface area contributed by atoms with Crippen LogP contribution in [0.5, 0.6) is 0 Å². The molecule has 0 saturated heterocycles. The van der Waals surface area contributed by atoms with Crippen LogP contribution >= 0.6 is 0 Å². The van der Waals surface area contributed by atoms with E-state index in [9.17, 15) is 9.59 Å². The number of nitrogens with zero attached hydrogens (tertiary/aromatic N) is 2. The van der Waals surface area contributed by atoms with Gasteiger partial charge in [-0.25, -0.2) is 14.8 Å². The molecule has 1 aromatic heterocycles. The van der Waals surface area contributed by atoms with E-state index in [0.717, 1.165) is 0 Å². The monoisotopic (exact) mass is 223 g/mol. The van der Waals surface area contributed by atoms with Gasteiger partial charge >= 0.3 is 5.97 Å². The van der Waals surface area contributed by atoms with Gasteiger partial charge in [0.25, 0.3) is 5.91 Å². The molecule has 0 aromatic carbocycles. The fourth-order valence-corrected chi connectivity index (χ4v) is 1.20. The smallest absolute Gasteiger partial charge is 0.326 e. The molecule has 6 nitrogen and oxygen atoms in total. The molecular formula is C10H13N3O3. The minimum absolute atomic E-state index is 0.254. The van der Waals surface area contributed by atoms with Crippen LogP contribution in [0.25, 0.3) is 0 Å². The summed E-state index contributed by atoms with van der Waals surface area (Å²) in [6, 6.07) is -0.863. The molecule has 1 heterocycles. The first-order valence-corrected chi connectivity index (χ1v) is 4.93. The minimum Gasteiger partial charge on any atom is -0.480 e. The van der Waals surface area contributed by atoms with E-state index in [4.69, 9.17) is 5.11 Å². The fraction of sp³-hybridized carbons (Fsp3) is 0.400. The Balaban J connectivity index is 2.65. The second-order valence-corrected chi connectivity index (χ2v) is 3.28. The first-order chi connectivity index (χ1) is 7.65. The second kappa shape index (κ2) is 5.79. The van der Waals surface area contributed by atoms with Crippen LogP contribution in [0.1, 0.15) is 30.1 Å². The summed E-state index contributed by atoms with van der Waals surface area (Å²) in [5.41, 5.74) is 0.254. The Morgan fingerprint density at radius 2 is 2.06 bits per heavy atom. The van der Waals surface area contributed by atoms with Crippen molar-refractivity contribution in [3.8, 4) is 0 Å². The first kappa shape index (κ1) is 12.1. The lowest BCUT2D eigenvalue weighted by molar-refractivity contribution is -0.139. The molecule has 1 rings (SSSR count). The van der Waals surface area contributed by atoms with Crippen molar-refractivity contribution in [2.24, 2.45) is 0 Å². The maximum atomic E-state index is 11.6. The molecular weight excluding hydrogens is 210 g/mol. The topological polar surface area (TPSA) is 92.2 Å². The molecule has 6 heteroatoms. The molecule has 0 aliphatic rings. The van der Waals surface area contributed by atoms with Crippen LogP contribution in [0.3, 0.4) is 0 Å². The summed E-state index contributed by atoms with van der Waals surface area (Å²) < 4.78 is 0. The van der Waals surface area contributed by atoms with Gasteiger partial charge in [-0.05, 0) is 6.42 Å². The number of hydrogen-bond acceptors (Lipinski definition) is 4. The molecule has 1 atom stereocenters. The zero-order chi connectivity index (χ0) is 12.0. The lowest BCUT2D eigenvalue weighted by atomic mass is 10.1. The van der Waals surface area contributed by atoms with E-state index in [1.807, 2.05) is 6.92 Å². The Bertz CT molecular complexity index is 367. The maximum absolute atomic E-state index is 11.6. The van der Waals surface area contributed by atoms with Crippen molar-refractivity contribution >= 4 is 11.9 Å². The summed E-state index contributed by atoms with van der Waals surface area (Å²) in [5.74, 6) is -1.51. The van der Waals surface area contributed by atoms with Gasteiger partial charge < -0.3 is 10.4 Å². The number of nitrogens with one attached hydrogen (secondary N) is 1. The highest BCUT2D eigenvalue weighted by Crippen LogP contribution is 2.00. The van der Waals surface area contributed by atoms with Crippen molar-refractivity contribution in [2.45, 2.75) is 25.8 Å². The van der Waals surface area contributed by atoms with E-state index in [2.05, 4.69) is 15.3 Å². The maximum Gasteiger partial charge on any atom is 0.326 e. The van der Waals surface area contributed by atoms with Crippen LogP contribution in [0.15, 0.2) is 18.7 Å². The highest BCUT2D eigenvalue weighted by atomic mass is 16.4. The van der Waals surface area contributed by atoms with E-state index in [-0.39, 0.29) is 5.56 Å². The number of carbonyl (C=O) groups is 2. The lowest BCUT2D eigenvalue weighted by Crippen LogP contribution is -2.40. The summed E-state index contributed by atoms with van der Waals surface area (Å²) in [4.78, 5) is 29.8. The normalized spacial score (nSPS) is 11.8. The molecule has 0 fully saturated rings. The molecule has 86 valence electrons. The van der Waals surface area contributed by atoms with Crippen molar-refractivity contribution in [3.63, 3.8) is 0 Å². The van der Waals surface area contributed by atoms with E-state index in [0.29, 0.717) is 12.8 Å². The van der Waals surface area contributed by atoms with Gasteiger partial charge in [0.15, 0.2) is 0 Å². The molecule has 1 amide bonds. The van der Waals surface area contributed by atoms with Crippen LogP contribution in [0.2, 0.25) is 0 Å². The molecule has 0 saturated carbocycles. The number of hydrogen-bond donors (Lipinski definition) is 2. The van der Waals surface area contributed by atoms with Crippen molar-refractivity contribution in [1.82, 2.24) is 15.3 Å². The zero-order valence-electron chi connectivity index (χ0n) is 8.88. The van der Waals surface area contributed by atoms with Crippen molar-refractivity contribution in [2.75, 3.05) is 0 Å². The summed E-state index contributed by atoms with van der Waals surface area (Å²) in [5, 5.41) is 11.3. The van der Waals surface area contributed by atoms with Crippen LogP contribution in [0.4, 0.5) is 0 Å².